The molecule has 0 N–H and O–H groups in total. The fourth-order valence-electron chi connectivity index (χ4n) is 9.90. The lowest BCUT2D eigenvalue weighted by atomic mass is 9.79. The van der Waals surface area contributed by atoms with Crippen molar-refractivity contribution in [2.75, 3.05) is 31.1 Å². The van der Waals surface area contributed by atoms with Gasteiger partial charge in [0.25, 0.3) is 11.8 Å². The molecule has 4 aliphatic heterocycles. The van der Waals surface area contributed by atoms with Gasteiger partial charge in [0.05, 0.1) is 12.0 Å². The predicted molar refractivity (Wildman–Crippen MR) is 237 cm³/mol. The van der Waals surface area contributed by atoms with Gasteiger partial charge in [-0.05, 0) is 97.1 Å². The van der Waals surface area contributed by atoms with Crippen molar-refractivity contribution in [3.63, 3.8) is 0 Å². The Labute approximate surface area is 352 Å². The number of unbranched alkanes of at least 4 members (excludes halogenated alkanes) is 2. The van der Waals surface area contributed by atoms with Gasteiger partial charge < -0.3 is 26.1 Å². The molecule has 8 heteroatoms. The van der Waals surface area contributed by atoms with Crippen LogP contribution in [0.4, 0.5) is 5.69 Å². The summed E-state index contributed by atoms with van der Waals surface area (Å²) in [6.07, 6.45) is 19.0. The summed E-state index contributed by atoms with van der Waals surface area (Å²) in [6, 6.07) is 14.9. The summed E-state index contributed by atoms with van der Waals surface area (Å²) < 4.78 is 2.49. The Morgan fingerprint density at radius 2 is 1.71 bits per heavy atom. The third kappa shape index (κ3) is 8.21. The molecule has 314 valence electrons. The van der Waals surface area contributed by atoms with Crippen LogP contribution in [-0.4, -0.2) is 53.9 Å². The van der Waals surface area contributed by atoms with Crippen LogP contribution in [0.2, 0.25) is 0 Å². The lowest BCUT2D eigenvalue weighted by molar-refractivity contribution is -0.201. The van der Waals surface area contributed by atoms with E-state index in [1.807, 2.05) is 0 Å². The van der Waals surface area contributed by atoms with Crippen LogP contribution in [0.5, 0.6) is 0 Å². The van der Waals surface area contributed by atoms with Crippen molar-refractivity contribution >= 4 is 30.0 Å². The smallest absolute Gasteiger partial charge is 0.336 e. The number of hydrogen-bond acceptors (Lipinski definition) is 6. The molecule has 8 nitrogen and oxygen atoms in total. The van der Waals surface area contributed by atoms with E-state index in [9.17, 15) is 14.4 Å². The topological polar surface area (TPSA) is 73.2 Å². The molecule has 0 radical (unpaired) electrons. The fourth-order valence-corrected chi connectivity index (χ4v) is 9.90. The van der Waals surface area contributed by atoms with E-state index in [1.54, 1.807) is 0 Å². The summed E-state index contributed by atoms with van der Waals surface area (Å²) in [4.78, 5) is 48.2. The van der Waals surface area contributed by atoms with E-state index in [4.69, 9.17) is 4.84 Å². The molecule has 2 saturated heterocycles. The molecular formula is C51H65N4O4-. The molecule has 0 atom stereocenters. The number of benzene rings is 2. The number of hydrogen-bond donors (Lipinski definition) is 0. The number of hydroxylamine groups is 2. The highest BCUT2D eigenvalue weighted by Crippen LogP contribution is 2.49. The zero-order chi connectivity index (χ0) is 42.1. The first-order valence-electron chi connectivity index (χ1n) is 22.3. The first-order chi connectivity index (χ1) is 28.3. The fraction of sp³-hybridized carbons (Fsp3) is 0.490. The molecule has 59 heavy (non-hydrogen) atoms. The van der Waals surface area contributed by atoms with E-state index in [2.05, 4.69) is 130 Å². The van der Waals surface area contributed by atoms with Gasteiger partial charge in [-0.25, -0.2) is 4.79 Å². The lowest BCUT2D eigenvalue weighted by Crippen LogP contribution is -2.40. The van der Waals surface area contributed by atoms with Crippen LogP contribution in [0.25, 0.3) is 6.58 Å². The van der Waals surface area contributed by atoms with Crippen LogP contribution < -0.4 is 20.1 Å². The Kier molecular flexibility index (Phi) is 12.5. The van der Waals surface area contributed by atoms with E-state index in [0.717, 1.165) is 69.7 Å². The number of imide groups is 1. The second-order valence-electron chi connectivity index (χ2n) is 18.1. The zero-order valence-corrected chi connectivity index (χ0v) is 36.5. The zero-order valence-electron chi connectivity index (χ0n) is 36.5. The van der Waals surface area contributed by atoms with Crippen LogP contribution in [0, 0.1) is 18.9 Å². The molecule has 0 aromatic heterocycles. The van der Waals surface area contributed by atoms with E-state index in [1.165, 1.54) is 56.3 Å². The average Bonchev–Trinajstić information content (AvgIpc) is 3.74. The minimum Gasteiger partial charge on any atom is -0.372 e. The van der Waals surface area contributed by atoms with E-state index < -0.39 is 17.8 Å². The number of carbonyl (C=O) groups is 3. The second-order valence-corrected chi connectivity index (χ2v) is 18.1. The van der Waals surface area contributed by atoms with Crippen molar-refractivity contribution in [1.29, 1.82) is 0 Å². The van der Waals surface area contributed by atoms with Crippen LogP contribution >= 0.6 is 0 Å². The monoisotopic (exact) mass is 798 g/mol. The normalized spacial score (nSPS) is 21.8. The molecule has 2 aromatic carbocycles. The van der Waals surface area contributed by atoms with Crippen molar-refractivity contribution in [2.24, 2.45) is 5.92 Å². The standard InChI is InChI=1S/C51H65N4O4/c1-9-12-29-53-42-21-17-35(4)33-40(42)50(5,6)44(53)23-19-37-15-14-16-38(48(37)52-31-27-39(28-32-52)49(58)59-55-46(56)25-26-47(55)57)20-24-45-51(7,8)41-34-36(11-3)18-22-43(41)54(45)30-13-10-2/h17-24,33-34,39H,1,4,9-16,25-32H2,2-3,5-8H3/q-1. The number of fused-ring (bicyclic) bond motifs is 2. The van der Waals surface area contributed by atoms with Gasteiger partial charge >= 0.3 is 5.97 Å². The van der Waals surface area contributed by atoms with Gasteiger partial charge in [0.2, 0.25) is 0 Å². The maximum Gasteiger partial charge on any atom is 0.336 e. The summed E-state index contributed by atoms with van der Waals surface area (Å²) in [5.41, 5.74) is 10.3. The van der Waals surface area contributed by atoms with Crippen molar-refractivity contribution < 1.29 is 19.2 Å². The molecule has 4 heterocycles. The van der Waals surface area contributed by atoms with Crippen LogP contribution in [0.1, 0.15) is 129 Å². The molecule has 1 aliphatic carbocycles. The third-order valence-corrected chi connectivity index (χ3v) is 13.4. The molecule has 0 unspecified atom stereocenters. The first-order valence-corrected chi connectivity index (χ1v) is 22.3. The highest BCUT2D eigenvalue weighted by molar-refractivity contribution is 6.01. The van der Waals surface area contributed by atoms with Crippen molar-refractivity contribution in [3.05, 3.63) is 123 Å². The predicted octanol–water partition coefficient (Wildman–Crippen LogP) is 8.31. The van der Waals surface area contributed by atoms with Gasteiger partial charge in [0.1, 0.15) is 11.9 Å². The maximum absolute atomic E-state index is 13.3. The average molecular weight is 798 g/mol. The molecule has 5 aliphatic rings. The maximum atomic E-state index is 13.3. The van der Waals surface area contributed by atoms with Gasteiger partial charge in [-0.3, -0.25) is 9.59 Å². The van der Waals surface area contributed by atoms with Gasteiger partial charge in [0.15, 0.2) is 0 Å². The SMILES string of the molecule is C=c1ccc2c(c1)C(C)(C)[C-](C=CC1=C(N3CCC(C(=O)ON4C(=O)CCC4=O)CC3)C(=CC=C3N(CCCC)c4ccc(CC)cc4C3(C)C)CCC1)[N+]=2CCC[CH2-]. The number of amides is 2. The Morgan fingerprint density at radius 3 is 2.41 bits per heavy atom. The molecule has 0 bridgehead atoms. The highest BCUT2D eigenvalue weighted by atomic mass is 16.7. The number of rotatable bonds is 13. The second kappa shape index (κ2) is 17.4. The summed E-state index contributed by atoms with van der Waals surface area (Å²) in [5.74, 6) is -1.75. The minimum absolute atomic E-state index is 0.0898. The van der Waals surface area contributed by atoms with Gasteiger partial charge in [-0.15, -0.1) is 17.2 Å². The number of anilines is 1. The van der Waals surface area contributed by atoms with Gasteiger partial charge in [-0.2, -0.15) is 6.42 Å². The Morgan fingerprint density at radius 1 is 0.966 bits per heavy atom. The van der Waals surface area contributed by atoms with Crippen LogP contribution in [0.15, 0.2) is 83.2 Å². The number of allylic oxidation sites excluding steroid dienone is 6. The number of aryl methyl sites for hydroxylation is 1. The molecule has 2 amide bonds. The molecule has 7 rings (SSSR count). The van der Waals surface area contributed by atoms with Crippen LogP contribution in [-0.2, 0) is 36.5 Å². The number of carbonyl (C=O) groups excluding carboxylic acids is 3. The van der Waals surface area contributed by atoms with Crippen molar-refractivity contribution in [3.8, 4) is 0 Å². The Balaban J connectivity index is 1.26. The largest absolute Gasteiger partial charge is 0.372 e. The molecular weight excluding hydrogens is 733 g/mol. The summed E-state index contributed by atoms with van der Waals surface area (Å²) >= 11 is 0. The number of piperidine rings is 1. The van der Waals surface area contributed by atoms with Gasteiger partial charge in [-0.1, -0.05) is 90.5 Å². The first kappa shape index (κ1) is 42.3. The minimum atomic E-state index is -0.486. The van der Waals surface area contributed by atoms with E-state index in [0.29, 0.717) is 31.0 Å². The summed E-state index contributed by atoms with van der Waals surface area (Å²) in [5, 5.41) is 2.97. The number of nitrogens with zero attached hydrogens (tertiary/aromatic N) is 4. The summed E-state index contributed by atoms with van der Waals surface area (Å²) in [7, 11) is 0. The summed E-state index contributed by atoms with van der Waals surface area (Å²) in [6.45, 7) is 25.6. The van der Waals surface area contributed by atoms with E-state index >= 15 is 0 Å². The highest BCUT2D eigenvalue weighted by Gasteiger charge is 2.42. The number of likely N-dealkylation sites (tertiary alicyclic amines) is 1. The van der Waals surface area contributed by atoms with E-state index in [-0.39, 0.29) is 29.6 Å². The quantitative estimate of drug-likeness (QED) is 0.115. The lowest BCUT2D eigenvalue weighted by Gasteiger charge is -2.39. The van der Waals surface area contributed by atoms with Gasteiger partial charge in [0, 0.05) is 60.4 Å². The molecule has 0 saturated carbocycles. The molecule has 2 aromatic rings. The van der Waals surface area contributed by atoms with Crippen molar-refractivity contribution in [2.45, 2.75) is 129 Å². The Bertz CT molecular complexity index is 2200. The molecule has 2 fully saturated rings. The van der Waals surface area contributed by atoms with Crippen LogP contribution in [0.3, 0.4) is 0 Å². The molecule has 0 spiro atoms. The Hall–Kier alpha value is -4.85. The van der Waals surface area contributed by atoms with Crippen molar-refractivity contribution in [1.82, 2.24) is 14.5 Å². The third-order valence-electron chi connectivity index (χ3n) is 13.4.